The Balaban J connectivity index is 0.00000144. The van der Waals surface area contributed by atoms with Crippen LogP contribution < -0.4 is 5.73 Å². The summed E-state index contributed by atoms with van der Waals surface area (Å²) in [6.07, 6.45) is -1.49. The van der Waals surface area contributed by atoms with Crippen LogP contribution in [-0.4, -0.2) is 23.5 Å². The lowest BCUT2D eigenvalue weighted by molar-refractivity contribution is -0.132. The maximum absolute atomic E-state index is 12.1. The Morgan fingerprint density at radius 3 is 2.46 bits per heavy atom. The average Bonchev–Trinajstić information content (AvgIpc) is 2.30. The van der Waals surface area contributed by atoms with Crippen LogP contribution in [0.25, 0.3) is 0 Å². The number of alkyl halides is 2. The zero-order valence-electron chi connectivity index (χ0n) is 6.61. The molecular formula is C7H10ClF2NO2. The third kappa shape index (κ3) is 2.63. The van der Waals surface area contributed by atoms with E-state index >= 15 is 0 Å². The quantitative estimate of drug-likeness (QED) is 0.720. The first-order valence-electron chi connectivity index (χ1n) is 3.50. The lowest BCUT2D eigenvalue weighted by Crippen LogP contribution is -2.29. The number of carboxylic acids is 1. The van der Waals surface area contributed by atoms with E-state index in [-0.39, 0.29) is 24.4 Å². The topological polar surface area (TPSA) is 63.3 Å². The van der Waals surface area contributed by atoms with Crippen molar-refractivity contribution >= 4 is 18.4 Å². The second kappa shape index (κ2) is 4.53. The van der Waals surface area contributed by atoms with Crippen LogP contribution in [0.5, 0.6) is 0 Å². The molecule has 0 aliphatic heterocycles. The monoisotopic (exact) mass is 213 g/mol. The Hall–Kier alpha value is -0.680. The molecule has 3 nitrogen and oxygen atoms in total. The smallest absolute Gasteiger partial charge is 0.331 e. The van der Waals surface area contributed by atoms with E-state index in [9.17, 15) is 13.6 Å². The number of carboxylic acid groups (broad SMARTS) is 1. The minimum absolute atomic E-state index is 0. The van der Waals surface area contributed by atoms with Gasteiger partial charge in [-0.15, -0.1) is 12.4 Å². The number of carbonyl (C=O) groups is 1. The Morgan fingerprint density at radius 1 is 1.69 bits per heavy atom. The molecule has 0 fully saturated rings. The van der Waals surface area contributed by atoms with E-state index in [0.717, 1.165) is 0 Å². The van der Waals surface area contributed by atoms with Gasteiger partial charge < -0.3 is 10.8 Å². The second-order valence-electron chi connectivity index (χ2n) is 2.78. The summed E-state index contributed by atoms with van der Waals surface area (Å²) in [5, 5.41) is 8.46. The summed E-state index contributed by atoms with van der Waals surface area (Å²) in [6, 6.07) is -0.823. The highest BCUT2D eigenvalue weighted by molar-refractivity contribution is 5.87. The molecule has 0 spiro atoms. The Morgan fingerprint density at radius 2 is 2.23 bits per heavy atom. The van der Waals surface area contributed by atoms with Gasteiger partial charge in [0, 0.05) is 17.5 Å². The van der Waals surface area contributed by atoms with E-state index in [2.05, 4.69) is 0 Å². The lowest BCUT2D eigenvalue weighted by atomic mass is 10.0. The van der Waals surface area contributed by atoms with Crippen LogP contribution in [0.4, 0.5) is 8.78 Å². The van der Waals surface area contributed by atoms with Crippen LogP contribution in [0.2, 0.25) is 0 Å². The van der Waals surface area contributed by atoms with Crippen LogP contribution >= 0.6 is 12.4 Å². The molecule has 3 N–H and O–H groups in total. The summed E-state index contributed by atoms with van der Waals surface area (Å²) < 4.78 is 24.2. The highest BCUT2D eigenvalue weighted by Gasteiger charge is 2.34. The van der Waals surface area contributed by atoms with Crippen molar-refractivity contribution in [3.63, 3.8) is 0 Å². The minimum atomic E-state index is -2.55. The molecule has 2 atom stereocenters. The van der Waals surface area contributed by atoms with Gasteiger partial charge in [-0.05, 0) is 6.42 Å². The molecule has 0 aromatic heterocycles. The number of nitrogens with two attached hydrogens (primary N) is 1. The van der Waals surface area contributed by atoms with E-state index in [1.165, 1.54) is 6.08 Å². The van der Waals surface area contributed by atoms with Gasteiger partial charge >= 0.3 is 5.97 Å². The number of halogens is 3. The van der Waals surface area contributed by atoms with Crippen LogP contribution in [0.3, 0.4) is 0 Å². The Bertz CT molecular complexity index is 233. The van der Waals surface area contributed by atoms with E-state index in [4.69, 9.17) is 10.8 Å². The molecule has 0 heterocycles. The van der Waals surface area contributed by atoms with Crippen molar-refractivity contribution in [3.8, 4) is 0 Å². The largest absolute Gasteiger partial charge is 0.478 e. The van der Waals surface area contributed by atoms with Crippen LogP contribution in [0.15, 0.2) is 11.6 Å². The van der Waals surface area contributed by atoms with Crippen LogP contribution in [0.1, 0.15) is 6.42 Å². The van der Waals surface area contributed by atoms with E-state index in [0.29, 0.717) is 0 Å². The van der Waals surface area contributed by atoms with Crippen LogP contribution in [-0.2, 0) is 4.79 Å². The molecular weight excluding hydrogens is 204 g/mol. The summed E-state index contributed by atoms with van der Waals surface area (Å²) >= 11 is 0. The molecule has 0 amide bonds. The Labute approximate surface area is 80.0 Å². The highest BCUT2D eigenvalue weighted by atomic mass is 35.5. The van der Waals surface area contributed by atoms with E-state index in [1.807, 2.05) is 0 Å². The van der Waals surface area contributed by atoms with Crippen molar-refractivity contribution in [3.05, 3.63) is 11.6 Å². The van der Waals surface area contributed by atoms with Gasteiger partial charge in [-0.1, -0.05) is 6.08 Å². The van der Waals surface area contributed by atoms with Gasteiger partial charge in [0.05, 0.1) is 0 Å². The maximum Gasteiger partial charge on any atom is 0.331 e. The fraction of sp³-hybridized carbons (Fsp3) is 0.571. The summed E-state index contributed by atoms with van der Waals surface area (Å²) in [5.41, 5.74) is 5.28. The predicted molar refractivity (Wildman–Crippen MR) is 45.1 cm³/mol. The predicted octanol–water partition coefficient (Wildman–Crippen LogP) is 1.03. The van der Waals surface area contributed by atoms with Gasteiger partial charge in [0.25, 0.3) is 0 Å². The van der Waals surface area contributed by atoms with Gasteiger partial charge in [0.15, 0.2) is 0 Å². The molecule has 6 heteroatoms. The van der Waals surface area contributed by atoms with Gasteiger partial charge in [-0.3, -0.25) is 0 Å². The van der Waals surface area contributed by atoms with Crippen molar-refractivity contribution in [1.29, 1.82) is 0 Å². The molecule has 13 heavy (non-hydrogen) atoms. The van der Waals surface area contributed by atoms with Gasteiger partial charge in [-0.2, -0.15) is 0 Å². The van der Waals surface area contributed by atoms with Gasteiger partial charge in [0.2, 0.25) is 6.43 Å². The molecule has 0 saturated heterocycles. The Kier molecular flexibility index (Phi) is 4.29. The number of hydrogen-bond acceptors (Lipinski definition) is 2. The summed E-state index contributed by atoms with van der Waals surface area (Å²) in [5.74, 6) is -2.19. The van der Waals surface area contributed by atoms with Crippen molar-refractivity contribution in [1.82, 2.24) is 0 Å². The standard InChI is InChI=1S/C7H9F2NO2.ClH/c8-6(9)4-1-3(7(11)12)2-5(4)10;/h2,4-6H,1,10H2,(H,11,12);1H/t4-,5+;/m1./s1. The average molecular weight is 214 g/mol. The molecule has 0 aromatic rings. The first-order valence-corrected chi connectivity index (χ1v) is 3.50. The van der Waals surface area contributed by atoms with E-state index < -0.39 is 24.4 Å². The molecule has 0 aromatic carbocycles. The zero-order chi connectivity index (χ0) is 9.30. The molecule has 76 valence electrons. The normalized spacial score (nSPS) is 26.9. The maximum atomic E-state index is 12.1. The zero-order valence-corrected chi connectivity index (χ0v) is 7.43. The second-order valence-corrected chi connectivity index (χ2v) is 2.78. The van der Waals surface area contributed by atoms with Gasteiger partial charge in [0.1, 0.15) is 0 Å². The molecule has 0 saturated carbocycles. The third-order valence-corrected chi connectivity index (χ3v) is 1.94. The first kappa shape index (κ1) is 12.3. The first-order chi connectivity index (χ1) is 5.52. The number of hydrogen-bond donors (Lipinski definition) is 2. The van der Waals surface area contributed by atoms with Crippen LogP contribution in [0, 0.1) is 5.92 Å². The highest BCUT2D eigenvalue weighted by Crippen LogP contribution is 2.29. The fourth-order valence-corrected chi connectivity index (χ4v) is 1.23. The number of aliphatic carboxylic acids is 1. The summed E-state index contributed by atoms with van der Waals surface area (Å²) in [6.45, 7) is 0. The third-order valence-electron chi connectivity index (χ3n) is 1.94. The summed E-state index contributed by atoms with van der Waals surface area (Å²) in [7, 11) is 0. The minimum Gasteiger partial charge on any atom is -0.478 e. The number of rotatable bonds is 2. The lowest BCUT2D eigenvalue weighted by Gasteiger charge is -2.12. The van der Waals surface area contributed by atoms with Gasteiger partial charge in [-0.25, -0.2) is 13.6 Å². The molecule has 0 radical (unpaired) electrons. The molecule has 0 unspecified atom stereocenters. The molecule has 1 aliphatic carbocycles. The molecule has 1 rings (SSSR count). The molecule has 0 bridgehead atoms. The summed E-state index contributed by atoms with van der Waals surface area (Å²) in [4.78, 5) is 10.3. The SMILES string of the molecule is Cl.N[C@H]1C=C(C(=O)O)C[C@H]1C(F)F. The van der Waals surface area contributed by atoms with Crippen molar-refractivity contribution < 1.29 is 18.7 Å². The fourth-order valence-electron chi connectivity index (χ4n) is 1.23. The molecule has 1 aliphatic rings. The van der Waals surface area contributed by atoms with Crippen molar-refractivity contribution in [2.45, 2.75) is 18.9 Å². The van der Waals surface area contributed by atoms with E-state index in [1.54, 1.807) is 0 Å². The van der Waals surface area contributed by atoms with Crippen molar-refractivity contribution in [2.75, 3.05) is 0 Å². The van der Waals surface area contributed by atoms with Crippen molar-refractivity contribution in [2.24, 2.45) is 11.7 Å².